The minimum absolute atomic E-state index is 0.00429. The molecule has 5 nitrogen and oxygen atoms in total. The third kappa shape index (κ3) is 5.37. The molecule has 0 radical (unpaired) electrons. The van der Waals surface area contributed by atoms with Crippen molar-refractivity contribution in [3.8, 4) is 0 Å². The number of carbonyl (C=O) groups is 2. The Balaban J connectivity index is 1.83. The maximum atomic E-state index is 11.9. The van der Waals surface area contributed by atoms with Crippen LogP contribution < -0.4 is 10.6 Å². The molecule has 0 heterocycles. The van der Waals surface area contributed by atoms with Gasteiger partial charge < -0.3 is 15.7 Å². The lowest BCUT2D eigenvalue weighted by molar-refractivity contribution is -0.136. The van der Waals surface area contributed by atoms with E-state index >= 15 is 0 Å². The van der Waals surface area contributed by atoms with E-state index in [9.17, 15) is 14.7 Å². The fourth-order valence-electron chi connectivity index (χ4n) is 2.16. The highest BCUT2D eigenvalue weighted by molar-refractivity contribution is 6.40. The van der Waals surface area contributed by atoms with Gasteiger partial charge in [0.2, 0.25) is 0 Å². The second kappa shape index (κ2) is 8.47. The molecule has 24 heavy (non-hydrogen) atoms. The highest BCUT2D eigenvalue weighted by Gasteiger charge is 2.16. The summed E-state index contributed by atoms with van der Waals surface area (Å²) in [5, 5.41) is 15.3. The summed E-state index contributed by atoms with van der Waals surface area (Å²) in [6.07, 6.45) is -0.368. The van der Waals surface area contributed by atoms with Gasteiger partial charge in [-0.05, 0) is 30.2 Å². The molecule has 2 rings (SSSR count). The number of benzene rings is 2. The van der Waals surface area contributed by atoms with Gasteiger partial charge in [-0.2, -0.15) is 0 Å². The summed E-state index contributed by atoms with van der Waals surface area (Å²) < 4.78 is 0. The van der Waals surface area contributed by atoms with Gasteiger partial charge in [0.15, 0.2) is 0 Å². The minimum Gasteiger partial charge on any atom is -0.391 e. The molecule has 1 atom stereocenters. The van der Waals surface area contributed by atoms with Crippen LogP contribution in [0.4, 0.5) is 5.69 Å². The molecule has 0 fully saturated rings. The molecule has 0 spiro atoms. The molecule has 3 N–H and O–H groups in total. The SMILES string of the molecule is Cc1ccc(Cl)cc1NC(=O)C(=O)NC[C@@H](O)Cc1ccccc1. The summed E-state index contributed by atoms with van der Waals surface area (Å²) in [5.41, 5.74) is 2.23. The van der Waals surface area contributed by atoms with Crippen molar-refractivity contribution in [3.05, 3.63) is 64.7 Å². The van der Waals surface area contributed by atoms with Crippen molar-refractivity contribution >= 4 is 29.1 Å². The number of nitrogens with one attached hydrogen (secondary N) is 2. The highest BCUT2D eigenvalue weighted by atomic mass is 35.5. The van der Waals surface area contributed by atoms with Crippen molar-refractivity contribution < 1.29 is 14.7 Å². The van der Waals surface area contributed by atoms with Gasteiger partial charge in [-0.25, -0.2) is 0 Å². The van der Waals surface area contributed by atoms with Gasteiger partial charge in [-0.1, -0.05) is 48.0 Å². The quantitative estimate of drug-likeness (QED) is 0.727. The summed E-state index contributed by atoms with van der Waals surface area (Å²) in [6, 6.07) is 14.4. The van der Waals surface area contributed by atoms with Crippen molar-refractivity contribution in [3.63, 3.8) is 0 Å². The summed E-state index contributed by atoms with van der Waals surface area (Å²) in [6.45, 7) is 1.79. The molecule has 6 heteroatoms. The summed E-state index contributed by atoms with van der Waals surface area (Å²) >= 11 is 5.87. The van der Waals surface area contributed by atoms with Crippen LogP contribution in [0, 0.1) is 6.92 Å². The zero-order valence-corrected chi connectivity index (χ0v) is 14.0. The van der Waals surface area contributed by atoms with Gasteiger partial charge >= 0.3 is 11.8 Å². The van der Waals surface area contributed by atoms with E-state index in [1.807, 2.05) is 30.3 Å². The van der Waals surface area contributed by atoms with E-state index in [0.29, 0.717) is 17.1 Å². The molecule has 0 aliphatic carbocycles. The molecular weight excluding hydrogens is 328 g/mol. The predicted octanol–water partition coefficient (Wildman–Crippen LogP) is 2.31. The average molecular weight is 347 g/mol. The molecule has 0 unspecified atom stereocenters. The van der Waals surface area contributed by atoms with Crippen LogP contribution in [-0.2, 0) is 16.0 Å². The van der Waals surface area contributed by atoms with E-state index in [1.165, 1.54) is 0 Å². The van der Waals surface area contributed by atoms with E-state index in [-0.39, 0.29) is 6.54 Å². The largest absolute Gasteiger partial charge is 0.391 e. The van der Waals surface area contributed by atoms with Crippen LogP contribution in [0.3, 0.4) is 0 Å². The first-order chi connectivity index (χ1) is 11.5. The van der Waals surface area contributed by atoms with E-state index in [0.717, 1.165) is 11.1 Å². The third-order valence-electron chi connectivity index (χ3n) is 3.47. The molecule has 0 aliphatic heterocycles. The van der Waals surface area contributed by atoms with Gasteiger partial charge in [0, 0.05) is 23.7 Å². The Morgan fingerprint density at radius 3 is 2.54 bits per heavy atom. The Bertz CT molecular complexity index is 719. The number of anilines is 1. The standard InChI is InChI=1S/C18H19ClN2O3/c1-12-7-8-14(19)10-16(12)21-18(24)17(23)20-11-15(22)9-13-5-3-2-4-6-13/h2-8,10,15,22H,9,11H2,1H3,(H,20,23)(H,21,24)/t15-/m0/s1. The lowest BCUT2D eigenvalue weighted by atomic mass is 10.1. The first-order valence-corrected chi connectivity index (χ1v) is 7.91. The third-order valence-corrected chi connectivity index (χ3v) is 3.70. The van der Waals surface area contributed by atoms with Gasteiger partial charge in [-0.3, -0.25) is 9.59 Å². The van der Waals surface area contributed by atoms with Crippen LogP contribution >= 0.6 is 11.6 Å². The highest BCUT2D eigenvalue weighted by Crippen LogP contribution is 2.19. The van der Waals surface area contributed by atoms with Crippen LogP contribution in [0.5, 0.6) is 0 Å². The topological polar surface area (TPSA) is 78.4 Å². The number of carbonyl (C=O) groups excluding carboxylic acids is 2. The van der Waals surface area contributed by atoms with Crippen LogP contribution in [0.2, 0.25) is 5.02 Å². The Hall–Kier alpha value is -2.37. The van der Waals surface area contributed by atoms with Crippen LogP contribution in [0.25, 0.3) is 0 Å². The van der Waals surface area contributed by atoms with Crippen molar-refractivity contribution in [1.29, 1.82) is 0 Å². The number of halogens is 1. The number of rotatable bonds is 5. The molecule has 2 aromatic rings. The molecular formula is C18H19ClN2O3. The van der Waals surface area contributed by atoms with E-state index in [4.69, 9.17) is 11.6 Å². The zero-order chi connectivity index (χ0) is 17.5. The summed E-state index contributed by atoms with van der Waals surface area (Å²) in [5.74, 6) is -1.60. The fourth-order valence-corrected chi connectivity index (χ4v) is 2.33. The minimum atomic E-state index is -0.804. The van der Waals surface area contributed by atoms with Crippen molar-refractivity contribution in [1.82, 2.24) is 5.32 Å². The Morgan fingerprint density at radius 1 is 1.12 bits per heavy atom. The van der Waals surface area contributed by atoms with Crippen LogP contribution in [-0.4, -0.2) is 29.6 Å². The van der Waals surface area contributed by atoms with Crippen LogP contribution in [0.1, 0.15) is 11.1 Å². The van der Waals surface area contributed by atoms with Gasteiger partial charge in [-0.15, -0.1) is 0 Å². The van der Waals surface area contributed by atoms with Gasteiger partial charge in [0.25, 0.3) is 0 Å². The molecule has 0 saturated carbocycles. The molecule has 0 aliphatic rings. The number of aryl methyl sites for hydroxylation is 1. The molecule has 2 aromatic carbocycles. The lowest BCUT2D eigenvalue weighted by Gasteiger charge is -2.12. The number of hydrogen-bond acceptors (Lipinski definition) is 3. The fraction of sp³-hybridized carbons (Fsp3) is 0.222. The normalized spacial score (nSPS) is 11.6. The van der Waals surface area contributed by atoms with E-state index in [1.54, 1.807) is 25.1 Å². The van der Waals surface area contributed by atoms with E-state index < -0.39 is 17.9 Å². The van der Waals surface area contributed by atoms with Crippen molar-refractivity contribution in [2.45, 2.75) is 19.4 Å². The Labute approximate surface area is 145 Å². The van der Waals surface area contributed by atoms with Gasteiger partial charge in [0.1, 0.15) is 0 Å². The van der Waals surface area contributed by atoms with Crippen molar-refractivity contribution in [2.24, 2.45) is 0 Å². The number of amides is 2. The number of hydrogen-bond donors (Lipinski definition) is 3. The second-order valence-corrected chi connectivity index (χ2v) is 5.90. The number of aliphatic hydroxyl groups excluding tert-OH is 1. The van der Waals surface area contributed by atoms with Crippen molar-refractivity contribution in [2.75, 3.05) is 11.9 Å². The first kappa shape index (κ1) is 18.0. The smallest absolute Gasteiger partial charge is 0.313 e. The molecule has 126 valence electrons. The van der Waals surface area contributed by atoms with Gasteiger partial charge in [0.05, 0.1) is 6.10 Å². The summed E-state index contributed by atoms with van der Waals surface area (Å²) in [7, 11) is 0. The maximum absolute atomic E-state index is 11.9. The average Bonchev–Trinajstić information content (AvgIpc) is 2.57. The Morgan fingerprint density at radius 2 is 1.83 bits per heavy atom. The van der Waals surface area contributed by atoms with E-state index in [2.05, 4.69) is 10.6 Å². The monoisotopic (exact) mass is 346 g/mol. The zero-order valence-electron chi connectivity index (χ0n) is 13.3. The molecule has 0 saturated heterocycles. The second-order valence-electron chi connectivity index (χ2n) is 5.47. The lowest BCUT2D eigenvalue weighted by Crippen LogP contribution is -2.40. The molecule has 0 aromatic heterocycles. The Kier molecular flexibility index (Phi) is 6.35. The molecule has 0 bridgehead atoms. The summed E-state index contributed by atoms with van der Waals surface area (Å²) in [4.78, 5) is 23.7. The van der Waals surface area contributed by atoms with Crippen LogP contribution in [0.15, 0.2) is 48.5 Å². The maximum Gasteiger partial charge on any atom is 0.313 e. The number of aliphatic hydroxyl groups is 1. The predicted molar refractivity (Wildman–Crippen MR) is 94.0 cm³/mol. The first-order valence-electron chi connectivity index (χ1n) is 7.53. The molecule has 2 amide bonds.